The molecule has 27 heavy (non-hydrogen) atoms. The van der Waals surface area contributed by atoms with E-state index in [1.807, 2.05) is 19.1 Å². The van der Waals surface area contributed by atoms with Crippen molar-refractivity contribution in [3.63, 3.8) is 0 Å². The van der Waals surface area contributed by atoms with E-state index in [2.05, 4.69) is 0 Å². The van der Waals surface area contributed by atoms with Crippen LogP contribution in [0.4, 0.5) is 5.69 Å². The molecule has 0 radical (unpaired) electrons. The molecule has 0 bridgehead atoms. The first-order valence-electron chi connectivity index (χ1n) is 8.27. The number of nitro benzene ring substituents is 1. The van der Waals surface area contributed by atoms with E-state index in [4.69, 9.17) is 8.83 Å². The van der Waals surface area contributed by atoms with Gasteiger partial charge < -0.3 is 13.7 Å². The lowest BCUT2D eigenvalue weighted by molar-refractivity contribution is -0.384. The van der Waals surface area contributed by atoms with Crippen LogP contribution in [0.25, 0.3) is 0 Å². The minimum atomic E-state index is -0.447. The second-order valence-corrected chi connectivity index (χ2v) is 7.28. The second-order valence-electron chi connectivity index (χ2n) is 5.86. The largest absolute Gasteiger partial charge is 0.467 e. The monoisotopic (exact) mass is 386 g/mol. The predicted octanol–water partition coefficient (Wildman–Crippen LogP) is 4.49. The van der Waals surface area contributed by atoms with E-state index in [1.165, 1.54) is 23.9 Å². The zero-order chi connectivity index (χ0) is 19.2. The summed E-state index contributed by atoms with van der Waals surface area (Å²) in [6.07, 6.45) is 3.14. The van der Waals surface area contributed by atoms with E-state index >= 15 is 0 Å². The van der Waals surface area contributed by atoms with Crippen LogP contribution in [0, 0.1) is 10.1 Å². The van der Waals surface area contributed by atoms with Crippen molar-refractivity contribution in [2.45, 2.75) is 30.2 Å². The average molecular weight is 386 g/mol. The Kier molecular flexibility index (Phi) is 5.97. The first kappa shape index (κ1) is 18.8. The molecule has 3 aromatic rings. The van der Waals surface area contributed by atoms with Gasteiger partial charge in [0.25, 0.3) is 5.69 Å². The molecule has 0 aliphatic rings. The summed E-state index contributed by atoms with van der Waals surface area (Å²) in [6, 6.07) is 13.4. The molecular weight excluding hydrogens is 368 g/mol. The Labute approximate surface area is 160 Å². The summed E-state index contributed by atoms with van der Waals surface area (Å²) in [4.78, 5) is 25.8. The van der Waals surface area contributed by atoms with Gasteiger partial charge in [-0.15, -0.1) is 11.8 Å². The van der Waals surface area contributed by atoms with Crippen LogP contribution in [-0.2, 0) is 17.9 Å². The van der Waals surface area contributed by atoms with Crippen LogP contribution >= 0.6 is 11.8 Å². The van der Waals surface area contributed by atoms with E-state index < -0.39 is 4.92 Å². The minimum Gasteiger partial charge on any atom is -0.467 e. The average Bonchev–Trinajstić information content (AvgIpc) is 3.35. The highest BCUT2D eigenvalue weighted by atomic mass is 32.2. The van der Waals surface area contributed by atoms with Gasteiger partial charge in [-0.05, 0) is 43.3 Å². The summed E-state index contributed by atoms with van der Waals surface area (Å²) in [5.41, 5.74) is 0.0237. The van der Waals surface area contributed by atoms with Gasteiger partial charge in [-0.1, -0.05) is 0 Å². The van der Waals surface area contributed by atoms with E-state index in [1.54, 1.807) is 41.7 Å². The maximum atomic E-state index is 13.0. The Bertz CT molecular complexity index is 839. The number of thioether (sulfide) groups is 1. The number of benzene rings is 1. The molecule has 1 atom stereocenters. The van der Waals surface area contributed by atoms with E-state index in [0.717, 1.165) is 4.90 Å². The molecule has 1 unspecified atom stereocenters. The highest BCUT2D eigenvalue weighted by Crippen LogP contribution is 2.27. The summed E-state index contributed by atoms with van der Waals surface area (Å²) in [5.74, 6) is 1.29. The molecule has 0 spiro atoms. The quantitative estimate of drug-likeness (QED) is 0.322. The number of non-ortho nitro benzene ring substituents is 1. The van der Waals surface area contributed by atoms with Gasteiger partial charge in [0.1, 0.15) is 11.5 Å². The second kappa shape index (κ2) is 8.59. The van der Waals surface area contributed by atoms with Gasteiger partial charge in [0.2, 0.25) is 5.91 Å². The fraction of sp³-hybridized carbons (Fsp3) is 0.211. The number of carbonyl (C=O) groups is 1. The van der Waals surface area contributed by atoms with Gasteiger partial charge in [0.15, 0.2) is 0 Å². The summed E-state index contributed by atoms with van der Waals surface area (Å²) in [6.45, 7) is 2.47. The van der Waals surface area contributed by atoms with E-state index in [9.17, 15) is 14.9 Å². The first-order chi connectivity index (χ1) is 13.0. The van der Waals surface area contributed by atoms with Gasteiger partial charge in [-0.25, -0.2) is 0 Å². The number of amides is 1. The minimum absolute atomic E-state index is 0.0237. The molecule has 0 fully saturated rings. The van der Waals surface area contributed by atoms with Crippen molar-refractivity contribution in [2.75, 3.05) is 0 Å². The number of rotatable bonds is 8. The maximum Gasteiger partial charge on any atom is 0.269 e. The summed E-state index contributed by atoms with van der Waals surface area (Å²) >= 11 is 1.35. The van der Waals surface area contributed by atoms with Gasteiger partial charge in [-0.2, -0.15) is 0 Å². The van der Waals surface area contributed by atoms with Gasteiger partial charge in [0, 0.05) is 17.0 Å². The third kappa shape index (κ3) is 5.01. The first-order valence-corrected chi connectivity index (χ1v) is 9.15. The van der Waals surface area contributed by atoms with Gasteiger partial charge in [-0.3, -0.25) is 14.9 Å². The molecule has 0 saturated carbocycles. The van der Waals surface area contributed by atoms with Crippen LogP contribution in [0.1, 0.15) is 18.4 Å². The topological polar surface area (TPSA) is 89.7 Å². The van der Waals surface area contributed by atoms with Crippen LogP contribution in [0.2, 0.25) is 0 Å². The third-order valence-electron chi connectivity index (χ3n) is 3.87. The molecule has 1 aromatic carbocycles. The summed E-state index contributed by atoms with van der Waals surface area (Å²) < 4.78 is 10.7. The lowest BCUT2D eigenvalue weighted by Gasteiger charge is -2.24. The lowest BCUT2D eigenvalue weighted by atomic mass is 10.3. The molecule has 2 heterocycles. The van der Waals surface area contributed by atoms with Crippen LogP contribution < -0.4 is 0 Å². The van der Waals surface area contributed by atoms with Gasteiger partial charge >= 0.3 is 0 Å². The van der Waals surface area contributed by atoms with Gasteiger partial charge in [0.05, 0.1) is 35.8 Å². The number of hydrogen-bond acceptors (Lipinski definition) is 6. The van der Waals surface area contributed by atoms with Crippen LogP contribution in [0.3, 0.4) is 0 Å². The van der Waals surface area contributed by atoms with Crippen molar-refractivity contribution < 1.29 is 18.6 Å². The molecular formula is C19H18N2O5S. The van der Waals surface area contributed by atoms with Crippen molar-refractivity contribution in [3.05, 3.63) is 82.7 Å². The molecule has 3 rings (SSSR count). The number of hydrogen-bond donors (Lipinski definition) is 0. The highest BCUT2D eigenvalue weighted by Gasteiger charge is 2.23. The zero-order valence-corrected chi connectivity index (χ0v) is 15.4. The Morgan fingerprint density at radius 1 is 1.07 bits per heavy atom. The molecule has 0 aliphatic carbocycles. The van der Waals surface area contributed by atoms with E-state index in [-0.39, 0.29) is 16.8 Å². The highest BCUT2D eigenvalue weighted by molar-refractivity contribution is 8.00. The molecule has 8 heteroatoms. The molecule has 7 nitrogen and oxygen atoms in total. The standard InChI is InChI=1S/C19H18N2O5S/c1-14(27-18-8-6-15(7-9-18)21(23)24)19(22)20(12-16-4-2-10-25-16)13-17-5-3-11-26-17/h2-11,14H,12-13H2,1H3. The summed E-state index contributed by atoms with van der Waals surface area (Å²) in [7, 11) is 0. The number of carbonyl (C=O) groups excluding carboxylic acids is 1. The maximum absolute atomic E-state index is 13.0. The SMILES string of the molecule is CC(Sc1ccc([N+](=O)[O-])cc1)C(=O)N(Cc1ccco1)Cc1ccco1. The molecule has 0 saturated heterocycles. The van der Waals surface area contributed by atoms with Crippen molar-refractivity contribution in [1.29, 1.82) is 0 Å². The number of nitro groups is 1. The number of nitrogens with zero attached hydrogens (tertiary/aromatic N) is 2. The molecule has 2 aromatic heterocycles. The fourth-order valence-corrected chi connectivity index (χ4v) is 3.50. The Morgan fingerprint density at radius 3 is 2.07 bits per heavy atom. The Morgan fingerprint density at radius 2 is 1.63 bits per heavy atom. The molecule has 140 valence electrons. The number of furan rings is 2. The Hall–Kier alpha value is -3.00. The summed E-state index contributed by atoms with van der Waals surface area (Å²) in [5, 5.41) is 10.4. The third-order valence-corrected chi connectivity index (χ3v) is 4.97. The van der Waals surface area contributed by atoms with E-state index in [0.29, 0.717) is 24.6 Å². The Balaban J connectivity index is 1.70. The smallest absolute Gasteiger partial charge is 0.269 e. The van der Waals surface area contributed by atoms with Crippen molar-refractivity contribution in [3.8, 4) is 0 Å². The van der Waals surface area contributed by atoms with Crippen molar-refractivity contribution >= 4 is 23.4 Å². The van der Waals surface area contributed by atoms with Crippen LogP contribution in [0.5, 0.6) is 0 Å². The molecule has 0 N–H and O–H groups in total. The van der Waals surface area contributed by atoms with Crippen molar-refractivity contribution in [2.24, 2.45) is 0 Å². The van der Waals surface area contributed by atoms with Crippen LogP contribution in [0.15, 0.2) is 74.8 Å². The predicted molar refractivity (Wildman–Crippen MR) is 100 cm³/mol. The van der Waals surface area contributed by atoms with Crippen LogP contribution in [-0.4, -0.2) is 21.0 Å². The lowest BCUT2D eigenvalue weighted by Crippen LogP contribution is -2.35. The fourth-order valence-electron chi connectivity index (χ4n) is 2.55. The normalized spacial score (nSPS) is 11.9. The zero-order valence-electron chi connectivity index (χ0n) is 14.6. The molecule has 0 aliphatic heterocycles. The molecule has 1 amide bonds. The van der Waals surface area contributed by atoms with Crippen molar-refractivity contribution in [1.82, 2.24) is 4.90 Å².